The molecule has 2 saturated heterocycles. The predicted molar refractivity (Wildman–Crippen MR) is 137 cm³/mol. The zero-order valence-electron chi connectivity index (χ0n) is 20.9. The molecule has 0 bridgehead atoms. The quantitative estimate of drug-likeness (QED) is 0.0590. The van der Waals surface area contributed by atoms with E-state index in [1.165, 1.54) is 16.4 Å². The van der Waals surface area contributed by atoms with Crippen LogP contribution in [0.3, 0.4) is 0 Å². The van der Waals surface area contributed by atoms with Gasteiger partial charge >= 0.3 is 16.3 Å². The topological polar surface area (TPSA) is 261 Å². The fraction of sp³-hybridized carbons (Fsp3) is 0.600. The van der Waals surface area contributed by atoms with Gasteiger partial charge in [0.15, 0.2) is 5.71 Å². The summed E-state index contributed by atoms with van der Waals surface area (Å²) in [6.45, 7) is 2.47. The number of aromatic nitrogens is 3. The molecular weight excluding hydrogens is 572 g/mol. The Bertz CT molecular complexity index is 1370. The first kappa shape index (κ1) is 28.2. The molecular formula is C20H28N10O8S2. The third-order valence-corrected chi connectivity index (χ3v) is 8.63. The minimum absolute atomic E-state index is 0.118. The third-order valence-electron chi connectivity index (χ3n) is 6.90. The van der Waals surface area contributed by atoms with Gasteiger partial charge in [0.1, 0.15) is 17.6 Å². The van der Waals surface area contributed by atoms with Gasteiger partial charge in [0.2, 0.25) is 5.60 Å². The highest BCUT2D eigenvalue weighted by atomic mass is 32.2. The highest BCUT2D eigenvalue weighted by Gasteiger charge is 2.56. The first-order valence-corrected chi connectivity index (χ1v) is 14.5. The van der Waals surface area contributed by atoms with Crippen molar-refractivity contribution >= 4 is 45.6 Å². The Labute approximate surface area is 232 Å². The van der Waals surface area contributed by atoms with Gasteiger partial charge in [-0.1, -0.05) is 16.9 Å². The molecule has 1 aromatic heterocycles. The van der Waals surface area contributed by atoms with Gasteiger partial charge in [-0.25, -0.2) is 9.10 Å². The van der Waals surface area contributed by atoms with E-state index in [1.807, 2.05) is 0 Å². The number of nitrogens with one attached hydrogen (secondary N) is 2. The maximum atomic E-state index is 13.2. The Balaban J connectivity index is 1.31. The third kappa shape index (κ3) is 5.63. The van der Waals surface area contributed by atoms with Crippen LogP contribution in [0.25, 0.3) is 0 Å². The molecule has 40 heavy (non-hydrogen) atoms. The number of amides is 2. The van der Waals surface area contributed by atoms with Crippen molar-refractivity contribution in [2.24, 2.45) is 22.5 Å². The minimum atomic E-state index is -4.96. The van der Waals surface area contributed by atoms with Crippen molar-refractivity contribution in [1.82, 2.24) is 34.8 Å². The number of oxime groups is 1. The van der Waals surface area contributed by atoms with Crippen molar-refractivity contribution in [2.45, 2.75) is 49.1 Å². The van der Waals surface area contributed by atoms with Crippen molar-refractivity contribution in [1.29, 1.82) is 0 Å². The van der Waals surface area contributed by atoms with E-state index in [0.717, 1.165) is 24.9 Å². The molecule has 4 aliphatic rings. The highest BCUT2D eigenvalue weighted by Crippen LogP contribution is 2.40. The van der Waals surface area contributed by atoms with Crippen LogP contribution in [0.15, 0.2) is 22.5 Å². The molecule has 18 nitrogen and oxygen atoms in total. The van der Waals surface area contributed by atoms with Crippen LogP contribution in [0.4, 0.5) is 0 Å². The summed E-state index contributed by atoms with van der Waals surface area (Å²) < 4.78 is 33.7. The van der Waals surface area contributed by atoms with Crippen LogP contribution in [-0.4, -0.2) is 109 Å². The maximum absolute atomic E-state index is 13.2. The van der Waals surface area contributed by atoms with E-state index in [2.05, 4.69) is 30.9 Å². The predicted octanol–water partition coefficient (Wildman–Crippen LogP) is -3.42. The van der Waals surface area contributed by atoms with Gasteiger partial charge in [0.25, 0.3) is 11.8 Å². The number of hydrogen-bond acceptors (Lipinski definition) is 14. The lowest BCUT2D eigenvalue weighted by atomic mass is 9.98. The van der Waals surface area contributed by atoms with Gasteiger partial charge in [-0.15, -0.1) is 0 Å². The summed E-state index contributed by atoms with van der Waals surface area (Å²) >= 11 is 1.12. The van der Waals surface area contributed by atoms with E-state index in [9.17, 15) is 32.5 Å². The van der Waals surface area contributed by atoms with Crippen LogP contribution in [-0.2, 0) is 42.6 Å². The molecule has 0 spiro atoms. The van der Waals surface area contributed by atoms with Crippen LogP contribution in [0, 0.1) is 5.92 Å². The number of likely N-dealkylation sites (tertiary alicyclic amines) is 1. The lowest BCUT2D eigenvalue weighted by Gasteiger charge is -2.43. The number of carboxylic acid groups (broad SMARTS) is 1. The molecule has 3 atom stereocenters. The number of thioether (sulfide) groups is 1. The van der Waals surface area contributed by atoms with Crippen molar-refractivity contribution in [3.63, 3.8) is 0 Å². The fourth-order valence-corrected chi connectivity index (χ4v) is 6.01. The number of rotatable bonds is 12. The summed E-state index contributed by atoms with van der Waals surface area (Å²) in [5.74, 6) is -2.88. The van der Waals surface area contributed by atoms with Gasteiger partial charge < -0.3 is 32.0 Å². The normalized spacial score (nSPS) is 26.4. The standard InChI is InChI=1S/C20H28N10O8S2/c21-3-10-5-28(6-10)7-11-4-23-29(26-11)8-13-15(17(32)30(13)40(35,36)37)25-16(31)14(12-9-39-19(22)24-12)27-38-20(1-2-20)18(33)34/h4,9-10,13,15,19,24H,1-3,5-8,21-22H2,(H,25,31)(H,33,34)(H,35,36,37)/b27-14-. The minimum Gasteiger partial charge on any atom is -0.478 e. The molecule has 4 heterocycles. The average Bonchev–Trinajstić information content (AvgIpc) is 3.33. The lowest BCUT2D eigenvalue weighted by Crippen LogP contribution is -2.73. The van der Waals surface area contributed by atoms with Crippen LogP contribution in [0.2, 0.25) is 0 Å². The van der Waals surface area contributed by atoms with Crippen molar-refractivity contribution in [3.8, 4) is 0 Å². The first-order chi connectivity index (χ1) is 18.9. The number of nitrogens with two attached hydrogens (primary N) is 2. The molecule has 0 aromatic carbocycles. The number of carboxylic acids is 1. The number of nitrogens with zero attached hydrogens (tertiary/aromatic N) is 6. The molecule has 218 valence electrons. The van der Waals surface area contributed by atoms with E-state index < -0.39 is 57.0 Å². The summed E-state index contributed by atoms with van der Waals surface area (Å²) in [5, 5.41) is 28.2. The van der Waals surface area contributed by atoms with Crippen molar-refractivity contribution in [2.75, 3.05) is 19.6 Å². The lowest BCUT2D eigenvalue weighted by molar-refractivity contribution is -0.153. The van der Waals surface area contributed by atoms with Crippen LogP contribution >= 0.6 is 11.8 Å². The Hall–Kier alpha value is -3.30. The molecule has 8 N–H and O–H groups in total. The number of aliphatic carboxylic acids is 1. The first-order valence-electron chi connectivity index (χ1n) is 12.2. The van der Waals surface area contributed by atoms with Gasteiger partial charge in [0, 0.05) is 37.9 Å². The van der Waals surface area contributed by atoms with Crippen LogP contribution in [0.1, 0.15) is 18.5 Å². The van der Waals surface area contributed by atoms with E-state index >= 15 is 0 Å². The largest absolute Gasteiger partial charge is 0.478 e. The smallest absolute Gasteiger partial charge is 0.362 e. The van der Waals surface area contributed by atoms with Gasteiger partial charge in [-0.2, -0.15) is 23.4 Å². The second kappa shape index (κ2) is 10.6. The molecule has 3 unspecified atom stereocenters. The Morgan fingerprint density at radius 1 is 1.35 bits per heavy atom. The monoisotopic (exact) mass is 600 g/mol. The molecule has 3 fully saturated rings. The number of carbonyl (C=O) groups excluding carboxylic acids is 2. The van der Waals surface area contributed by atoms with Crippen molar-refractivity contribution in [3.05, 3.63) is 23.0 Å². The van der Waals surface area contributed by atoms with E-state index in [-0.39, 0.29) is 29.4 Å². The fourth-order valence-electron chi connectivity index (χ4n) is 4.49. The summed E-state index contributed by atoms with van der Waals surface area (Å²) in [7, 11) is -4.96. The molecule has 1 aliphatic carbocycles. The van der Waals surface area contributed by atoms with Crippen LogP contribution < -0.4 is 22.1 Å². The molecule has 1 saturated carbocycles. The number of hydrogen-bond donors (Lipinski definition) is 6. The van der Waals surface area contributed by atoms with E-state index in [0.29, 0.717) is 24.7 Å². The van der Waals surface area contributed by atoms with Crippen molar-refractivity contribution < 1.29 is 37.3 Å². The average molecular weight is 601 g/mol. The molecule has 3 aliphatic heterocycles. The second-order valence-electron chi connectivity index (χ2n) is 9.88. The summed E-state index contributed by atoms with van der Waals surface area (Å²) in [6.07, 6.45) is 1.88. The maximum Gasteiger partial charge on any atom is 0.362 e. The molecule has 2 amide bonds. The second-order valence-corrected chi connectivity index (χ2v) is 12.2. The summed E-state index contributed by atoms with van der Waals surface area (Å²) in [6, 6.07) is -2.68. The highest BCUT2D eigenvalue weighted by molar-refractivity contribution is 8.02. The summed E-state index contributed by atoms with van der Waals surface area (Å²) in [4.78, 5) is 45.9. The van der Waals surface area contributed by atoms with Gasteiger partial charge in [0.05, 0.1) is 24.1 Å². The molecule has 5 rings (SSSR count). The van der Waals surface area contributed by atoms with Gasteiger partial charge in [-0.05, 0) is 12.5 Å². The number of carbonyl (C=O) groups is 3. The Morgan fingerprint density at radius 2 is 2.08 bits per heavy atom. The molecule has 0 radical (unpaired) electrons. The zero-order chi connectivity index (χ0) is 28.8. The number of β-lactam (4-membered cyclic amide) rings is 1. The van der Waals surface area contributed by atoms with Crippen LogP contribution in [0.5, 0.6) is 0 Å². The van der Waals surface area contributed by atoms with Gasteiger partial charge in [-0.3, -0.25) is 19.0 Å². The summed E-state index contributed by atoms with van der Waals surface area (Å²) in [5.41, 5.74) is 9.60. The SMILES string of the molecule is NCC1CN(Cc2cnn(CC3C(NC(=O)/C(=N\OC4(C(=O)O)CC4)C4=CSC(N)N4)C(=O)N3S(=O)(=O)O)n2)C1. The molecule has 1 aromatic rings. The Kier molecular flexibility index (Phi) is 7.48. The zero-order valence-corrected chi connectivity index (χ0v) is 22.5. The molecule has 20 heteroatoms. The van der Waals surface area contributed by atoms with E-state index in [1.54, 1.807) is 0 Å². The Morgan fingerprint density at radius 3 is 2.65 bits per heavy atom. The van der Waals surface area contributed by atoms with E-state index in [4.69, 9.17) is 16.3 Å².